The molecule has 0 aliphatic heterocycles. The van der Waals surface area contributed by atoms with E-state index in [1.807, 2.05) is 6.92 Å². The van der Waals surface area contributed by atoms with Gasteiger partial charge in [0, 0.05) is 0 Å². The fraction of sp³-hybridized carbons (Fsp3) is 0.231. The maximum Gasteiger partial charge on any atom is 0.416 e. The molecule has 1 heterocycles. The minimum absolute atomic E-state index is 0.0941. The lowest BCUT2D eigenvalue weighted by molar-refractivity contribution is -0.137. The van der Waals surface area contributed by atoms with Gasteiger partial charge in [-0.25, -0.2) is 4.68 Å². The zero-order valence-corrected chi connectivity index (χ0v) is 11.2. The van der Waals surface area contributed by atoms with Crippen LogP contribution >= 0.6 is 11.6 Å². The van der Waals surface area contributed by atoms with Gasteiger partial charge in [-0.2, -0.15) is 18.3 Å². The van der Waals surface area contributed by atoms with Crippen molar-refractivity contribution in [2.24, 2.45) is 0 Å². The Morgan fingerprint density at radius 2 is 1.90 bits per heavy atom. The summed E-state index contributed by atoms with van der Waals surface area (Å²) in [5.74, 6) is 0. The van der Waals surface area contributed by atoms with Crippen LogP contribution in [0.5, 0.6) is 0 Å². The topological polar surface area (TPSA) is 34.9 Å². The molecule has 0 saturated heterocycles. The van der Waals surface area contributed by atoms with Crippen LogP contribution in [0, 0.1) is 0 Å². The number of halogens is 4. The third-order valence-electron chi connectivity index (χ3n) is 2.83. The molecule has 3 nitrogen and oxygen atoms in total. The molecule has 0 atom stereocenters. The molecule has 106 valence electrons. The summed E-state index contributed by atoms with van der Waals surface area (Å²) in [5.41, 5.74) is 0.376. The second-order valence-electron chi connectivity index (χ2n) is 4.08. The van der Waals surface area contributed by atoms with Crippen molar-refractivity contribution in [3.8, 4) is 5.69 Å². The third-order valence-corrected chi connectivity index (χ3v) is 3.20. The molecule has 0 bridgehead atoms. The lowest BCUT2D eigenvalue weighted by Gasteiger charge is -2.08. The molecule has 20 heavy (non-hydrogen) atoms. The van der Waals surface area contributed by atoms with Crippen LogP contribution < -0.4 is 0 Å². The smallest absolute Gasteiger partial charge is 0.298 e. The van der Waals surface area contributed by atoms with Crippen molar-refractivity contribution in [2.75, 3.05) is 0 Å². The normalized spacial score (nSPS) is 11.7. The van der Waals surface area contributed by atoms with Gasteiger partial charge in [0.1, 0.15) is 5.15 Å². The van der Waals surface area contributed by atoms with Crippen LogP contribution in [-0.4, -0.2) is 16.1 Å². The fourth-order valence-corrected chi connectivity index (χ4v) is 2.08. The predicted molar refractivity (Wildman–Crippen MR) is 68.3 cm³/mol. The molecule has 1 aromatic carbocycles. The molecule has 0 fully saturated rings. The summed E-state index contributed by atoms with van der Waals surface area (Å²) in [6, 6.07) is 4.41. The summed E-state index contributed by atoms with van der Waals surface area (Å²) >= 11 is 6.02. The second-order valence-corrected chi connectivity index (χ2v) is 4.44. The largest absolute Gasteiger partial charge is 0.416 e. The van der Waals surface area contributed by atoms with Crippen LogP contribution in [0.15, 0.2) is 24.3 Å². The maximum atomic E-state index is 12.5. The number of benzene rings is 1. The van der Waals surface area contributed by atoms with Crippen molar-refractivity contribution in [3.05, 3.63) is 46.2 Å². The number of nitrogens with zero attached hydrogens (tertiary/aromatic N) is 2. The van der Waals surface area contributed by atoms with E-state index in [1.54, 1.807) is 0 Å². The van der Waals surface area contributed by atoms with Crippen molar-refractivity contribution in [3.63, 3.8) is 0 Å². The standard InChI is InChI=1S/C13H10ClF3N2O/c1-2-11-10(7-20)12(14)19(18-11)9-5-3-8(4-6-9)13(15,16)17/h3-7H,2H2,1H3. The van der Waals surface area contributed by atoms with Crippen molar-refractivity contribution < 1.29 is 18.0 Å². The van der Waals surface area contributed by atoms with E-state index in [0.717, 1.165) is 12.1 Å². The van der Waals surface area contributed by atoms with Crippen molar-refractivity contribution in [2.45, 2.75) is 19.5 Å². The highest BCUT2D eigenvalue weighted by atomic mass is 35.5. The first-order valence-electron chi connectivity index (χ1n) is 5.78. The van der Waals surface area contributed by atoms with Crippen LogP contribution in [0.1, 0.15) is 28.5 Å². The van der Waals surface area contributed by atoms with Crippen LogP contribution in [-0.2, 0) is 12.6 Å². The van der Waals surface area contributed by atoms with Gasteiger partial charge in [-0.3, -0.25) is 4.79 Å². The van der Waals surface area contributed by atoms with E-state index in [-0.39, 0.29) is 10.7 Å². The minimum Gasteiger partial charge on any atom is -0.298 e. The number of aryl methyl sites for hydroxylation is 1. The van der Waals surface area contributed by atoms with E-state index < -0.39 is 11.7 Å². The molecule has 2 aromatic rings. The zero-order valence-electron chi connectivity index (χ0n) is 10.4. The van der Waals surface area contributed by atoms with E-state index in [9.17, 15) is 18.0 Å². The van der Waals surface area contributed by atoms with Crippen molar-refractivity contribution in [1.29, 1.82) is 0 Å². The lowest BCUT2D eigenvalue weighted by atomic mass is 10.2. The average molecular weight is 303 g/mol. The van der Waals surface area contributed by atoms with Crippen LogP contribution in [0.4, 0.5) is 13.2 Å². The maximum absolute atomic E-state index is 12.5. The summed E-state index contributed by atoms with van der Waals surface area (Å²) in [6.45, 7) is 1.81. The van der Waals surface area contributed by atoms with E-state index in [4.69, 9.17) is 11.6 Å². The summed E-state index contributed by atoms with van der Waals surface area (Å²) in [5, 5.41) is 4.23. The van der Waals surface area contributed by atoms with Gasteiger partial charge in [0.05, 0.1) is 22.5 Å². The molecule has 0 unspecified atom stereocenters. The molecular weight excluding hydrogens is 293 g/mol. The molecule has 0 radical (unpaired) electrons. The molecule has 0 N–H and O–H groups in total. The Hall–Kier alpha value is -1.82. The van der Waals surface area contributed by atoms with Gasteiger partial charge in [-0.15, -0.1) is 0 Å². The molecule has 0 amide bonds. The number of rotatable bonds is 3. The Morgan fingerprint density at radius 1 is 1.30 bits per heavy atom. The summed E-state index contributed by atoms with van der Waals surface area (Å²) in [7, 11) is 0. The first-order chi connectivity index (χ1) is 9.38. The summed E-state index contributed by atoms with van der Waals surface area (Å²) in [6.07, 6.45) is -3.30. The molecule has 2 rings (SSSR count). The molecule has 1 aromatic heterocycles. The highest BCUT2D eigenvalue weighted by Gasteiger charge is 2.30. The average Bonchev–Trinajstić information content (AvgIpc) is 2.74. The monoisotopic (exact) mass is 302 g/mol. The number of aromatic nitrogens is 2. The number of carbonyl (C=O) groups excluding carboxylic acids is 1. The number of hydrogen-bond acceptors (Lipinski definition) is 2. The Labute approximate surface area is 118 Å². The highest BCUT2D eigenvalue weighted by Crippen LogP contribution is 2.30. The molecule has 0 aliphatic rings. The number of carbonyl (C=O) groups is 1. The Kier molecular flexibility index (Phi) is 3.85. The van der Waals surface area contributed by atoms with E-state index >= 15 is 0 Å². The lowest BCUT2D eigenvalue weighted by Crippen LogP contribution is -2.05. The quantitative estimate of drug-likeness (QED) is 0.806. The fourth-order valence-electron chi connectivity index (χ4n) is 1.79. The van der Waals surface area contributed by atoms with Gasteiger partial charge < -0.3 is 0 Å². The van der Waals surface area contributed by atoms with Crippen molar-refractivity contribution >= 4 is 17.9 Å². The Balaban J connectivity index is 2.47. The number of aldehydes is 1. The predicted octanol–water partition coefficient (Wildman–Crippen LogP) is 3.92. The molecule has 0 saturated carbocycles. The summed E-state index contributed by atoms with van der Waals surface area (Å²) < 4.78 is 38.7. The van der Waals surface area contributed by atoms with Gasteiger partial charge in [0.15, 0.2) is 6.29 Å². The van der Waals surface area contributed by atoms with Crippen LogP contribution in [0.2, 0.25) is 5.15 Å². The Morgan fingerprint density at radius 3 is 2.30 bits per heavy atom. The van der Waals surface area contributed by atoms with Gasteiger partial charge in [-0.05, 0) is 30.7 Å². The van der Waals surface area contributed by atoms with E-state index in [0.29, 0.717) is 24.1 Å². The van der Waals surface area contributed by atoms with Gasteiger partial charge >= 0.3 is 6.18 Å². The minimum atomic E-state index is -4.39. The molecule has 0 spiro atoms. The first-order valence-corrected chi connectivity index (χ1v) is 6.16. The van der Waals surface area contributed by atoms with E-state index in [2.05, 4.69) is 5.10 Å². The highest BCUT2D eigenvalue weighted by molar-refractivity contribution is 6.32. The second kappa shape index (κ2) is 5.28. The first kappa shape index (κ1) is 14.6. The molecule has 7 heteroatoms. The Bertz CT molecular complexity index is 632. The number of alkyl halides is 3. The summed E-state index contributed by atoms with van der Waals surface area (Å²) in [4.78, 5) is 11.0. The van der Waals surface area contributed by atoms with Crippen molar-refractivity contribution in [1.82, 2.24) is 9.78 Å². The third kappa shape index (κ3) is 2.56. The van der Waals surface area contributed by atoms with Gasteiger partial charge in [0.25, 0.3) is 0 Å². The van der Waals surface area contributed by atoms with Gasteiger partial charge in [-0.1, -0.05) is 18.5 Å². The van der Waals surface area contributed by atoms with Gasteiger partial charge in [0.2, 0.25) is 0 Å². The van der Waals surface area contributed by atoms with E-state index in [1.165, 1.54) is 16.8 Å². The molecule has 0 aliphatic carbocycles. The van der Waals surface area contributed by atoms with Crippen LogP contribution in [0.25, 0.3) is 5.69 Å². The molecular formula is C13H10ClF3N2O. The number of hydrogen-bond donors (Lipinski definition) is 0. The zero-order chi connectivity index (χ0) is 14.9. The van der Waals surface area contributed by atoms with Crippen LogP contribution in [0.3, 0.4) is 0 Å². The SMILES string of the molecule is CCc1nn(-c2ccc(C(F)(F)F)cc2)c(Cl)c1C=O.